The molecule has 0 aromatic heterocycles. The van der Waals surface area contributed by atoms with Crippen LogP contribution in [-0.4, -0.2) is 45.9 Å². The Kier molecular flexibility index (Phi) is 8.48. The largest absolute Gasteiger partial charge is 0.461 e. The first-order chi connectivity index (χ1) is 10.2. The molecule has 0 aliphatic rings. The maximum atomic E-state index is 11.9. The van der Waals surface area contributed by atoms with Gasteiger partial charge in [0.25, 0.3) is 0 Å². The van der Waals surface area contributed by atoms with Crippen LogP contribution in [0.5, 0.6) is 0 Å². The maximum Gasteiger partial charge on any atom is 0.333 e. The number of carbonyl (C=O) groups excluding carboxylic acids is 3. The number of hydrogen-bond acceptors (Lipinski definition) is 6. The first-order valence-electron chi connectivity index (χ1n) is 6.84. The van der Waals surface area contributed by atoms with Crippen molar-refractivity contribution in [2.75, 3.05) is 13.2 Å². The predicted octanol–water partition coefficient (Wildman–Crippen LogP) is 2.91. The highest BCUT2D eigenvalue weighted by Crippen LogP contribution is 2.20. The summed E-state index contributed by atoms with van der Waals surface area (Å²) in [6, 6.07) is 0. The first kappa shape index (κ1) is 22.1. The molecule has 0 aliphatic carbocycles. The van der Waals surface area contributed by atoms with Crippen molar-refractivity contribution in [3.05, 3.63) is 12.2 Å². The van der Waals surface area contributed by atoms with E-state index in [0.29, 0.717) is 0 Å². The van der Waals surface area contributed by atoms with Gasteiger partial charge < -0.3 is 14.2 Å². The van der Waals surface area contributed by atoms with Gasteiger partial charge in [-0.05, 0) is 34.6 Å². The molecule has 0 aliphatic heterocycles. The van der Waals surface area contributed by atoms with Crippen LogP contribution in [0.4, 0.5) is 0 Å². The van der Waals surface area contributed by atoms with Crippen LogP contribution in [0.1, 0.15) is 34.6 Å². The van der Waals surface area contributed by atoms with Crippen molar-refractivity contribution in [1.82, 2.24) is 0 Å². The number of carbonyl (C=O) groups is 3. The van der Waals surface area contributed by atoms with E-state index in [2.05, 4.69) is 38.4 Å². The number of halogens is 2. The number of esters is 3. The summed E-state index contributed by atoms with van der Waals surface area (Å²) in [6.07, 6.45) is -0.915. The molecule has 0 aromatic carbocycles. The Labute approximate surface area is 153 Å². The highest BCUT2D eigenvalue weighted by molar-refractivity contribution is 9.10. The van der Waals surface area contributed by atoms with Gasteiger partial charge in [0.1, 0.15) is 21.9 Å². The minimum Gasteiger partial charge on any atom is -0.461 e. The number of alkyl halides is 2. The molecule has 0 fully saturated rings. The molecular formula is C15H22Br2O6. The monoisotopic (exact) mass is 456 g/mol. The van der Waals surface area contributed by atoms with E-state index in [4.69, 9.17) is 14.2 Å². The van der Waals surface area contributed by atoms with E-state index >= 15 is 0 Å². The second kappa shape index (κ2) is 8.82. The molecule has 1 atom stereocenters. The van der Waals surface area contributed by atoms with Crippen LogP contribution in [0, 0.1) is 0 Å². The Morgan fingerprint density at radius 1 is 0.957 bits per heavy atom. The molecule has 0 aromatic rings. The lowest BCUT2D eigenvalue weighted by atomic mass is 10.2. The van der Waals surface area contributed by atoms with Crippen LogP contribution in [0.25, 0.3) is 0 Å². The average molecular weight is 458 g/mol. The third-order valence-electron chi connectivity index (χ3n) is 2.39. The fourth-order valence-corrected chi connectivity index (χ4v) is 1.25. The van der Waals surface area contributed by atoms with E-state index in [1.165, 1.54) is 6.92 Å². The Morgan fingerprint density at radius 2 is 1.39 bits per heavy atom. The molecule has 0 radical (unpaired) electrons. The van der Waals surface area contributed by atoms with E-state index in [1.54, 1.807) is 27.7 Å². The number of rotatable bonds is 8. The Hall–Kier alpha value is -0.890. The molecule has 23 heavy (non-hydrogen) atoms. The molecule has 1 unspecified atom stereocenters. The van der Waals surface area contributed by atoms with Crippen molar-refractivity contribution in [2.24, 2.45) is 0 Å². The van der Waals surface area contributed by atoms with Crippen LogP contribution >= 0.6 is 31.9 Å². The van der Waals surface area contributed by atoms with Gasteiger partial charge in [0.05, 0.1) is 0 Å². The van der Waals surface area contributed by atoms with Crippen molar-refractivity contribution in [3.63, 3.8) is 0 Å². The van der Waals surface area contributed by atoms with E-state index < -0.39 is 32.7 Å². The van der Waals surface area contributed by atoms with Crippen molar-refractivity contribution in [1.29, 1.82) is 0 Å². The molecule has 0 rings (SSSR count). The second-order valence-corrected chi connectivity index (χ2v) is 9.91. The van der Waals surface area contributed by atoms with E-state index in [9.17, 15) is 14.4 Å². The molecule has 8 heteroatoms. The van der Waals surface area contributed by atoms with Gasteiger partial charge in [-0.1, -0.05) is 38.4 Å². The van der Waals surface area contributed by atoms with Gasteiger partial charge in [-0.2, -0.15) is 0 Å². The van der Waals surface area contributed by atoms with E-state index in [1.807, 2.05) is 0 Å². The number of hydrogen-bond donors (Lipinski definition) is 0. The lowest BCUT2D eigenvalue weighted by Gasteiger charge is -2.23. The lowest BCUT2D eigenvalue weighted by molar-refractivity contribution is -0.167. The summed E-state index contributed by atoms with van der Waals surface area (Å²) in [5.74, 6) is -1.71. The topological polar surface area (TPSA) is 78.9 Å². The van der Waals surface area contributed by atoms with Crippen molar-refractivity contribution in [3.8, 4) is 0 Å². The summed E-state index contributed by atoms with van der Waals surface area (Å²) < 4.78 is 13.5. The fourth-order valence-electron chi connectivity index (χ4n) is 1.04. The summed E-state index contributed by atoms with van der Waals surface area (Å²) in [5, 5.41) is 0. The lowest BCUT2D eigenvalue weighted by Crippen LogP contribution is -2.38. The second-order valence-electron chi connectivity index (χ2n) is 5.95. The SMILES string of the molecule is C=C(C)C(=O)OCC(COC(=O)C(C)(C)Br)OC(=O)C(C)(C)Br. The molecule has 0 bridgehead atoms. The Balaban J connectivity index is 4.80. The minimum absolute atomic E-state index is 0.217. The quantitative estimate of drug-likeness (QED) is 0.241. The van der Waals surface area contributed by atoms with Crippen molar-refractivity contribution < 1.29 is 28.6 Å². The maximum absolute atomic E-state index is 11.9. The summed E-state index contributed by atoms with van der Waals surface area (Å²) in [5.41, 5.74) is 0.217. The third kappa shape index (κ3) is 9.10. The van der Waals surface area contributed by atoms with Gasteiger partial charge in [0.2, 0.25) is 0 Å². The number of ether oxygens (including phenoxy) is 3. The molecular weight excluding hydrogens is 436 g/mol. The molecule has 0 amide bonds. The van der Waals surface area contributed by atoms with Crippen LogP contribution < -0.4 is 0 Å². The van der Waals surface area contributed by atoms with E-state index in [-0.39, 0.29) is 18.8 Å². The van der Waals surface area contributed by atoms with E-state index in [0.717, 1.165) is 0 Å². The van der Waals surface area contributed by atoms with Crippen LogP contribution in [-0.2, 0) is 28.6 Å². The summed E-state index contributed by atoms with van der Waals surface area (Å²) in [6.45, 7) is 11.0. The fraction of sp³-hybridized carbons (Fsp3) is 0.667. The smallest absolute Gasteiger partial charge is 0.333 e. The van der Waals surface area contributed by atoms with Gasteiger partial charge in [0.15, 0.2) is 6.10 Å². The molecule has 6 nitrogen and oxygen atoms in total. The van der Waals surface area contributed by atoms with Crippen LogP contribution in [0.3, 0.4) is 0 Å². The molecule has 132 valence electrons. The molecule has 0 saturated carbocycles. The minimum atomic E-state index is -0.915. The third-order valence-corrected chi connectivity index (χ3v) is 3.04. The van der Waals surface area contributed by atoms with Crippen LogP contribution in [0.2, 0.25) is 0 Å². The van der Waals surface area contributed by atoms with Gasteiger partial charge in [-0.25, -0.2) is 4.79 Å². The molecule has 0 N–H and O–H groups in total. The zero-order chi connectivity index (χ0) is 18.4. The summed E-state index contributed by atoms with van der Waals surface area (Å²) in [7, 11) is 0. The zero-order valence-electron chi connectivity index (χ0n) is 13.9. The first-order valence-corrected chi connectivity index (χ1v) is 8.42. The molecule has 0 saturated heterocycles. The van der Waals surface area contributed by atoms with Gasteiger partial charge in [-0.3, -0.25) is 9.59 Å². The summed E-state index contributed by atoms with van der Waals surface area (Å²) in [4.78, 5) is 35.1. The van der Waals surface area contributed by atoms with Gasteiger partial charge >= 0.3 is 17.9 Å². The standard InChI is InChI=1S/C15H22Br2O6/c1-9(2)11(18)21-7-10(23-13(20)15(5,6)17)8-22-12(19)14(3,4)16/h10H,1,7-8H2,2-6H3. The normalized spacial score (nSPS) is 13.0. The molecule has 0 heterocycles. The predicted molar refractivity (Wildman–Crippen MR) is 92.6 cm³/mol. The zero-order valence-corrected chi connectivity index (χ0v) is 17.1. The Morgan fingerprint density at radius 3 is 1.78 bits per heavy atom. The molecule has 0 spiro atoms. The highest BCUT2D eigenvalue weighted by Gasteiger charge is 2.31. The highest BCUT2D eigenvalue weighted by atomic mass is 79.9. The summed E-state index contributed by atoms with van der Waals surface area (Å²) >= 11 is 6.35. The van der Waals surface area contributed by atoms with Crippen molar-refractivity contribution in [2.45, 2.75) is 49.4 Å². The van der Waals surface area contributed by atoms with Gasteiger partial charge in [0, 0.05) is 5.57 Å². The van der Waals surface area contributed by atoms with Crippen molar-refractivity contribution >= 4 is 49.8 Å². The average Bonchev–Trinajstić information content (AvgIpc) is 2.38. The van der Waals surface area contributed by atoms with Gasteiger partial charge in [-0.15, -0.1) is 0 Å². The Bertz CT molecular complexity index is 473. The van der Waals surface area contributed by atoms with Crippen LogP contribution in [0.15, 0.2) is 12.2 Å².